The summed E-state index contributed by atoms with van der Waals surface area (Å²) in [4.78, 5) is 20.7. The van der Waals surface area contributed by atoms with Gasteiger partial charge in [0, 0.05) is 0 Å². The van der Waals surface area contributed by atoms with Gasteiger partial charge in [0.25, 0.3) is 0 Å². The maximum absolute atomic E-state index is 10.3. The van der Waals surface area contributed by atoms with E-state index in [1.54, 1.807) is 0 Å². The largest absolute Gasteiger partial charge is 0.478 e. The van der Waals surface area contributed by atoms with Crippen molar-refractivity contribution in [3.8, 4) is 0 Å². The van der Waals surface area contributed by atoms with E-state index in [0.717, 1.165) is 0 Å². The third-order valence-corrected chi connectivity index (χ3v) is 1.38. The quantitative estimate of drug-likeness (QED) is 0.647. The molecule has 0 heterocycles. The lowest BCUT2D eigenvalue weighted by atomic mass is 10.1. The highest BCUT2D eigenvalue weighted by Crippen LogP contribution is 2.03. The molecule has 0 fully saturated rings. The highest BCUT2D eigenvalue weighted by Gasteiger charge is 2.04. The van der Waals surface area contributed by atoms with Crippen molar-refractivity contribution in [1.29, 1.82) is 0 Å². The molecule has 0 saturated carbocycles. The molecule has 5 heteroatoms. The Morgan fingerprint density at radius 1 is 0.846 bits per heavy atom. The minimum Gasteiger partial charge on any atom is -0.478 e. The number of carbonyl (C=O) groups is 2. The first-order valence-corrected chi connectivity index (χ1v) is 3.18. The molecule has 1 aromatic carbocycles. The summed E-state index contributed by atoms with van der Waals surface area (Å²) in [5.41, 5.74) is 0.167. The molecule has 1 aromatic rings. The maximum Gasteiger partial charge on any atom is 0.335 e. The van der Waals surface area contributed by atoms with Crippen LogP contribution in [0.25, 0.3) is 0 Å². The molecule has 0 aromatic heterocycles. The van der Waals surface area contributed by atoms with Gasteiger partial charge in [-0.2, -0.15) is 0 Å². The predicted octanol–water partition coefficient (Wildman–Crippen LogP) is -0.101. The topological polar surface area (TPSA) is 74.6 Å². The van der Waals surface area contributed by atoms with E-state index < -0.39 is 11.9 Å². The fourth-order valence-corrected chi connectivity index (χ4v) is 0.755. The minimum absolute atomic E-state index is 0. The monoisotopic (exact) mass is 196 g/mol. The molecule has 0 atom stereocenters. The van der Waals surface area contributed by atoms with Crippen molar-refractivity contribution < 1.29 is 19.8 Å². The van der Waals surface area contributed by atoms with Gasteiger partial charge in [0.15, 0.2) is 17.4 Å². The summed E-state index contributed by atoms with van der Waals surface area (Å²) in [6, 6.07) is 5.02. The Morgan fingerprint density at radius 3 is 1.23 bits per heavy atom. The van der Waals surface area contributed by atoms with Gasteiger partial charge in [-0.05, 0) is 24.3 Å². The summed E-state index contributed by atoms with van der Waals surface area (Å²) in [6.07, 6.45) is 0. The number of carboxylic acid groups (broad SMARTS) is 2. The number of rotatable bonds is 2. The molecule has 1 rings (SSSR count). The van der Waals surface area contributed by atoms with Crippen molar-refractivity contribution in [2.75, 3.05) is 0 Å². The molecule has 0 amide bonds. The van der Waals surface area contributed by atoms with E-state index in [0.29, 0.717) is 0 Å². The Morgan fingerprint density at radius 2 is 1.08 bits per heavy atom. The second kappa shape index (κ2) is 4.65. The van der Waals surface area contributed by atoms with Crippen LogP contribution in [0.2, 0.25) is 0 Å². The van der Waals surface area contributed by atoms with Crippen LogP contribution in [0.15, 0.2) is 24.3 Å². The highest BCUT2D eigenvalue weighted by atomic mass is 27.0. The Bertz CT molecular complexity index is 284. The lowest BCUT2D eigenvalue weighted by molar-refractivity contribution is 0.0681. The van der Waals surface area contributed by atoms with Crippen LogP contribution in [0.1, 0.15) is 20.7 Å². The second-order valence-corrected chi connectivity index (χ2v) is 2.19. The summed E-state index contributed by atoms with van der Waals surface area (Å²) in [6.45, 7) is 0. The fourth-order valence-electron chi connectivity index (χ4n) is 0.755. The Balaban J connectivity index is 0.00000144. The van der Waals surface area contributed by atoms with Gasteiger partial charge >= 0.3 is 11.9 Å². The lowest BCUT2D eigenvalue weighted by Crippen LogP contribution is -1.99. The highest BCUT2D eigenvalue weighted by molar-refractivity contribution is 5.91. The van der Waals surface area contributed by atoms with Crippen LogP contribution in [0.5, 0.6) is 0 Å². The molecule has 68 valence electrons. The van der Waals surface area contributed by atoms with Crippen LogP contribution in [-0.2, 0) is 0 Å². The lowest BCUT2D eigenvalue weighted by Gasteiger charge is -1.94. The van der Waals surface area contributed by atoms with Gasteiger partial charge < -0.3 is 10.2 Å². The summed E-state index contributed by atoms with van der Waals surface area (Å²) in [5.74, 6) is -2.13. The zero-order chi connectivity index (χ0) is 9.14. The summed E-state index contributed by atoms with van der Waals surface area (Å²) in [7, 11) is 0. The molecule has 0 radical (unpaired) electrons. The number of benzene rings is 1. The predicted molar refractivity (Wildman–Crippen MR) is 50.3 cm³/mol. The van der Waals surface area contributed by atoms with Gasteiger partial charge in [0.05, 0.1) is 11.1 Å². The third-order valence-electron chi connectivity index (χ3n) is 1.38. The average Bonchev–Trinajstić information content (AvgIpc) is 2.04. The molecule has 0 aliphatic rings. The smallest absolute Gasteiger partial charge is 0.335 e. The van der Waals surface area contributed by atoms with Crippen LogP contribution in [-0.4, -0.2) is 39.5 Å². The van der Waals surface area contributed by atoms with Crippen molar-refractivity contribution in [3.05, 3.63) is 35.4 Å². The average molecular weight is 196 g/mol. The van der Waals surface area contributed by atoms with E-state index in [1.165, 1.54) is 24.3 Å². The third kappa shape index (κ3) is 2.90. The molecule has 0 aliphatic heterocycles. The van der Waals surface area contributed by atoms with Gasteiger partial charge in [-0.1, -0.05) is 0 Å². The Kier molecular flexibility index (Phi) is 4.19. The van der Waals surface area contributed by atoms with E-state index in [4.69, 9.17) is 10.2 Å². The molecule has 2 N–H and O–H groups in total. The molecule has 0 saturated heterocycles. The van der Waals surface area contributed by atoms with E-state index in [1.807, 2.05) is 0 Å². The standard InChI is InChI=1S/C8H6O4.Al.3H/c9-7(10)5-1-2-6(4-3-5)8(11)12;;;;/h1-4H,(H,9,10)(H,11,12);;;;. The van der Waals surface area contributed by atoms with Crippen molar-refractivity contribution in [3.63, 3.8) is 0 Å². The normalized spacial score (nSPS) is 8.62. The van der Waals surface area contributed by atoms with Crippen molar-refractivity contribution in [1.82, 2.24) is 0 Å². The maximum atomic E-state index is 10.3. The summed E-state index contributed by atoms with van der Waals surface area (Å²) < 4.78 is 0. The molecule has 4 nitrogen and oxygen atoms in total. The first-order chi connectivity index (χ1) is 5.61. The van der Waals surface area contributed by atoms with Crippen LogP contribution < -0.4 is 0 Å². The fraction of sp³-hybridized carbons (Fsp3) is 0. The number of carboxylic acids is 2. The Hall–Kier alpha value is -1.31. The van der Waals surface area contributed by atoms with Gasteiger partial charge in [0.2, 0.25) is 0 Å². The minimum atomic E-state index is -1.06. The van der Waals surface area contributed by atoms with Gasteiger partial charge in [-0.15, -0.1) is 0 Å². The van der Waals surface area contributed by atoms with Crippen LogP contribution in [0, 0.1) is 0 Å². The van der Waals surface area contributed by atoms with Gasteiger partial charge in [0.1, 0.15) is 0 Å². The zero-order valence-electron chi connectivity index (χ0n) is 6.02. The van der Waals surface area contributed by atoms with E-state index in [2.05, 4.69) is 0 Å². The first-order valence-electron chi connectivity index (χ1n) is 3.18. The van der Waals surface area contributed by atoms with Crippen LogP contribution >= 0.6 is 0 Å². The molecule has 0 bridgehead atoms. The number of hydrogen-bond acceptors (Lipinski definition) is 2. The second-order valence-electron chi connectivity index (χ2n) is 2.19. The first kappa shape index (κ1) is 11.7. The van der Waals surface area contributed by atoms with E-state index in [-0.39, 0.29) is 28.5 Å². The number of aromatic carboxylic acids is 2. The Labute approximate surface area is 84.9 Å². The van der Waals surface area contributed by atoms with Gasteiger partial charge in [-0.25, -0.2) is 9.59 Å². The molecular weight excluding hydrogens is 187 g/mol. The van der Waals surface area contributed by atoms with Crippen LogP contribution in [0.4, 0.5) is 0 Å². The van der Waals surface area contributed by atoms with Gasteiger partial charge in [-0.3, -0.25) is 0 Å². The molecule has 0 aliphatic carbocycles. The summed E-state index contributed by atoms with van der Waals surface area (Å²) >= 11 is 0. The van der Waals surface area contributed by atoms with E-state index in [9.17, 15) is 9.59 Å². The summed E-state index contributed by atoms with van der Waals surface area (Å²) in [5, 5.41) is 16.9. The molecular formula is C8H9AlO4. The number of hydrogen-bond donors (Lipinski definition) is 2. The SMILES string of the molecule is O=C(O)c1ccc(C(=O)O)cc1.[AlH3]. The molecule has 0 spiro atoms. The zero-order valence-corrected chi connectivity index (χ0v) is 6.02. The molecule has 13 heavy (non-hydrogen) atoms. The van der Waals surface area contributed by atoms with E-state index >= 15 is 0 Å². The van der Waals surface area contributed by atoms with Crippen molar-refractivity contribution in [2.24, 2.45) is 0 Å². The molecule has 0 unspecified atom stereocenters. The van der Waals surface area contributed by atoms with Crippen molar-refractivity contribution in [2.45, 2.75) is 0 Å². The van der Waals surface area contributed by atoms with Crippen LogP contribution in [0.3, 0.4) is 0 Å². The van der Waals surface area contributed by atoms with Crippen molar-refractivity contribution >= 4 is 29.3 Å².